The predicted octanol–water partition coefficient (Wildman–Crippen LogP) is 2.67. The Kier molecular flexibility index (Phi) is 4.33. The van der Waals surface area contributed by atoms with Crippen LogP contribution in [0, 0.1) is 11.7 Å². The molecule has 1 fully saturated rings. The van der Waals surface area contributed by atoms with Crippen molar-refractivity contribution < 1.29 is 4.39 Å². The number of nitrogens with one attached hydrogen (secondary N) is 1. The van der Waals surface area contributed by atoms with Gasteiger partial charge in [0.15, 0.2) is 11.6 Å². The molecule has 1 saturated carbocycles. The fourth-order valence-electron chi connectivity index (χ4n) is 2.18. The van der Waals surface area contributed by atoms with Crippen LogP contribution in [-0.2, 0) is 0 Å². The number of nitrogens with zero attached hydrogens (tertiary/aromatic N) is 3. The lowest BCUT2D eigenvalue weighted by Gasteiger charge is -2.32. The molecule has 0 unspecified atom stereocenters. The molecule has 1 aliphatic carbocycles. The van der Waals surface area contributed by atoms with Crippen LogP contribution in [0.5, 0.6) is 0 Å². The minimum absolute atomic E-state index is 0.335. The van der Waals surface area contributed by atoms with E-state index in [-0.39, 0.29) is 5.82 Å². The number of hydrogen-bond donors (Lipinski definition) is 1. The van der Waals surface area contributed by atoms with E-state index in [1.165, 1.54) is 25.5 Å². The third-order valence-corrected chi connectivity index (χ3v) is 3.45. The van der Waals surface area contributed by atoms with Crippen molar-refractivity contribution in [2.24, 2.45) is 5.92 Å². The highest BCUT2D eigenvalue weighted by atomic mass is 19.1. The van der Waals surface area contributed by atoms with Crippen LogP contribution in [0.25, 0.3) is 0 Å². The molecular weight excluding hydrogens is 231 g/mol. The molecule has 4 nitrogen and oxygen atoms in total. The molecule has 1 aromatic rings. The van der Waals surface area contributed by atoms with E-state index in [2.05, 4.69) is 15.3 Å². The van der Waals surface area contributed by atoms with E-state index in [0.717, 1.165) is 19.6 Å². The molecule has 0 radical (unpaired) electrons. The summed E-state index contributed by atoms with van der Waals surface area (Å²) in [6.45, 7) is 6.41. The van der Waals surface area contributed by atoms with Crippen LogP contribution >= 0.6 is 0 Å². The summed E-state index contributed by atoms with van der Waals surface area (Å²) in [5, 5.41) is 3.02. The van der Waals surface area contributed by atoms with Gasteiger partial charge in [0.05, 0.1) is 6.20 Å². The maximum absolute atomic E-state index is 13.8. The molecule has 0 amide bonds. The van der Waals surface area contributed by atoms with Gasteiger partial charge in [-0.05, 0) is 32.6 Å². The molecule has 100 valence electrons. The second-order valence-electron chi connectivity index (χ2n) is 4.73. The summed E-state index contributed by atoms with van der Waals surface area (Å²) in [5.41, 5.74) is 0. The van der Waals surface area contributed by atoms with Gasteiger partial charge in [-0.15, -0.1) is 0 Å². The van der Waals surface area contributed by atoms with Crippen molar-refractivity contribution in [3.63, 3.8) is 0 Å². The molecule has 0 bridgehead atoms. The largest absolute Gasteiger partial charge is 0.354 e. The maximum atomic E-state index is 13.8. The average Bonchev–Trinajstić information content (AvgIpc) is 2.32. The smallest absolute Gasteiger partial charge is 0.224 e. The van der Waals surface area contributed by atoms with Crippen LogP contribution in [0.15, 0.2) is 6.20 Å². The topological polar surface area (TPSA) is 41.1 Å². The third kappa shape index (κ3) is 2.89. The second-order valence-corrected chi connectivity index (χ2v) is 4.73. The molecule has 0 spiro atoms. The zero-order valence-corrected chi connectivity index (χ0v) is 11.1. The minimum Gasteiger partial charge on any atom is -0.354 e. The Hall–Kier alpha value is -1.39. The van der Waals surface area contributed by atoms with Gasteiger partial charge in [-0.1, -0.05) is 6.42 Å². The Morgan fingerprint density at radius 1 is 1.44 bits per heavy atom. The van der Waals surface area contributed by atoms with Crippen LogP contribution in [0.1, 0.15) is 33.1 Å². The van der Waals surface area contributed by atoms with Gasteiger partial charge in [-0.3, -0.25) is 0 Å². The molecule has 1 heterocycles. The van der Waals surface area contributed by atoms with E-state index in [1.807, 2.05) is 18.7 Å². The summed E-state index contributed by atoms with van der Waals surface area (Å²) in [5.74, 6) is 1.29. The Balaban J connectivity index is 2.13. The molecule has 18 heavy (non-hydrogen) atoms. The highest BCUT2D eigenvalue weighted by Crippen LogP contribution is 2.29. The molecule has 0 aliphatic heterocycles. The molecule has 1 N–H and O–H groups in total. The van der Waals surface area contributed by atoms with Crippen molar-refractivity contribution in [2.75, 3.05) is 29.9 Å². The monoisotopic (exact) mass is 252 g/mol. The first-order valence-electron chi connectivity index (χ1n) is 6.76. The molecule has 1 aromatic heterocycles. The first-order valence-corrected chi connectivity index (χ1v) is 6.76. The molecule has 0 aromatic carbocycles. The van der Waals surface area contributed by atoms with E-state index >= 15 is 0 Å². The highest BCUT2D eigenvalue weighted by molar-refractivity contribution is 5.43. The van der Waals surface area contributed by atoms with Crippen molar-refractivity contribution in [3.05, 3.63) is 12.0 Å². The van der Waals surface area contributed by atoms with Crippen LogP contribution in [0.3, 0.4) is 0 Å². The van der Waals surface area contributed by atoms with E-state index < -0.39 is 0 Å². The first-order chi connectivity index (χ1) is 8.74. The van der Waals surface area contributed by atoms with Gasteiger partial charge in [-0.2, -0.15) is 4.98 Å². The van der Waals surface area contributed by atoms with Crippen LogP contribution < -0.4 is 10.2 Å². The van der Waals surface area contributed by atoms with E-state index in [4.69, 9.17) is 0 Å². The number of aromatic nitrogens is 2. The lowest BCUT2D eigenvalue weighted by Crippen LogP contribution is -2.33. The van der Waals surface area contributed by atoms with Gasteiger partial charge < -0.3 is 10.2 Å². The van der Waals surface area contributed by atoms with Crippen molar-refractivity contribution in [3.8, 4) is 0 Å². The van der Waals surface area contributed by atoms with Crippen molar-refractivity contribution >= 4 is 11.8 Å². The number of anilines is 2. The first kappa shape index (κ1) is 13.1. The lowest BCUT2D eigenvalue weighted by atomic mass is 9.85. The van der Waals surface area contributed by atoms with Gasteiger partial charge in [-0.25, -0.2) is 9.37 Å². The summed E-state index contributed by atoms with van der Waals surface area (Å²) < 4.78 is 13.8. The Morgan fingerprint density at radius 3 is 2.78 bits per heavy atom. The molecule has 5 heteroatoms. The minimum atomic E-state index is -0.335. The average molecular weight is 252 g/mol. The standard InChI is InChI=1S/C13H21FN4/c1-3-15-13-16-8-11(14)12(17-13)18(4-2)9-10-6-5-7-10/h8,10H,3-7,9H2,1-2H3,(H,15,16,17). The molecule has 1 aliphatic rings. The lowest BCUT2D eigenvalue weighted by molar-refractivity contribution is 0.317. The highest BCUT2D eigenvalue weighted by Gasteiger charge is 2.22. The Bertz CT molecular complexity index is 393. The fraction of sp³-hybridized carbons (Fsp3) is 0.692. The predicted molar refractivity (Wildman–Crippen MR) is 71.4 cm³/mol. The number of halogens is 1. The number of hydrogen-bond acceptors (Lipinski definition) is 4. The van der Waals surface area contributed by atoms with Gasteiger partial charge in [0.1, 0.15) is 0 Å². The van der Waals surface area contributed by atoms with E-state index in [9.17, 15) is 4.39 Å². The molecular formula is C13H21FN4. The third-order valence-electron chi connectivity index (χ3n) is 3.45. The molecule has 0 saturated heterocycles. The zero-order valence-electron chi connectivity index (χ0n) is 11.1. The molecule has 0 atom stereocenters. The maximum Gasteiger partial charge on any atom is 0.224 e. The van der Waals surface area contributed by atoms with Crippen LogP contribution in [0.4, 0.5) is 16.2 Å². The normalized spacial score (nSPS) is 15.3. The van der Waals surface area contributed by atoms with Crippen LogP contribution in [-0.4, -0.2) is 29.6 Å². The van der Waals surface area contributed by atoms with Crippen molar-refractivity contribution in [1.82, 2.24) is 9.97 Å². The second kappa shape index (κ2) is 5.98. The van der Waals surface area contributed by atoms with E-state index in [1.54, 1.807) is 0 Å². The zero-order chi connectivity index (χ0) is 13.0. The summed E-state index contributed by atoms with van der Waals surface area (Å²) in [7, 11) is 0. The van der Waals surface area contributed by atoms with Crippen molar-refractivity contribution in [1.29, 1.82) is 0 Å². The SMILES string of the molecule is CCNc1ncc(F)c(N(CC)CC2CCC2)n1. The summed E-state index contributed by atoms with van der Waals surface area (Å²) in [4.78, 5) is 10.2. The van der Waals surface area contributed by atoms with Crippen molar-refractivity contribution in [2.45, 2.75) is 33.1 Å². The van der Waals surface area contributed by atoms with Crippen LogP contribution in [0.2, 0.25) is 0 Å². The fourth-order valence-corrected chi connectivity index (χ4v) is 2.18. The Labute approximate surface area is 108 Å². The van der Waals surface area contributed by atoms with Gasteiger partial charge in [0.25, 0.3) is 0 Å². The van der Waals surface area contributed by atoms with Gasteiger partial charge in [0.2, 0.25) is 5.95 Å². The Morgan fingerprint density at radius 2 is 2.22 bits per heavy atom. The summed E-state index contributed by atoms with van der Waals surface area (Å²) in [6, 6.07) is 0. The quantitative estimate of drug-likeness (QED) is 0.845. The van der Waals surface area contributed by atoms with Gasteiger partial charge in [0, 0.05) is 19.6 Å². The summed E-state index contributed by atoms with van der Waals surface area (Å²) in [6.07, 6.45) is 5.06. The van der Waals surface area contributed by atoms with E-state index in [0.29, 0.717) is 17.7 Å². The summed E-state index contributed by atoms with van der Waals surface area (Å²) >= 11 is 0. The molecule has 2 rings (SSSR count). The van der Waals surface area contributed by atoms with Gasteiger partial charge >= 0.3 is 0 Å². The number of rotatable bonds is 6.